The first-order valence-electron chi connectivity index (χ1n) is 4.03. The van der Waals surface area contributed by atoms with Gasteiger partial charge in [0.25, 0.3) is 0 Å². The van der Waals surface area contributed by atoms with Crippen LogP contribution in [0.25, 0.3) is 0 Å². The van der Waals surface area contributed by atoms with Gasteiger partial charge < -0.3 is 5.11 Å². The summed E-state index contributed by atoms with van der Waals surface area (Å²) >= 11 is 0. The van der Waals surface area contributed by atoms with E-state index < -0.39 is 6.09 Å². The van der Waals surface area contributed by atoms with Crippen molar-refractivity contribution in [2.45, 2.75) is 19.3 Å². The summed E-state index contributed by atoms with van der Waals surface area (Å²) in [5, 5.41) is 12.4. The number of carbonyl (C=O) groups is 1. The normalized spacial score (nSPS) is 16.3. The lowest BCUT2D eigenvalue weighted by Gasteiger charge is -1.99. The molecule has 0 amide bonds. The molecular weight excluding hydrogens is 156 g/mol. The highest BCUT2D eigenvalue weighted by atomic mass is 16.4. The fourth-order valence-corrected chi connectivity index (χ4v) is 1.28. The maximum absolute atomic E-state index is 10.6. The van der Waals surface area contributed by atoms with Gasteiger partial charge in [-0.1, -0.05) is 0 Å². The van der Waals surface area contributed by atoms with Gasteiger partial charge in [0, 0.05) is 6.20 Å². The molecule has 1 N–H and O–H groups in total. The van der Waals surface area contributed by atoms with Gasteiger partial charge in [0.15, 0.2) is 0 Å². The Kier molecular flexibility index (Phi) is 1.60. The molecule has 1 aliphatic rings. The highest BCUT2D eigenvalue weighted by Crippen LogP contribution is 2.32. The molecule has 0 bridgehead atoms. The van der Waals surface area contributed by atoms with E-state index in [0.29, 0.717) is 5.92 Å². The summed E-state index contributed by atoms with van der Waals surface area (Å²) in [5.74, 6) is 0.694. The van der Waals surface area contributed by atoms with Gasteiger partial charge in [0.2, 0.25) is 0 Å². The van der Waals surface area contributed by atoms with Crippen LogP contribution in [-0.2, 0) is 6.42 Å². The number of hydrogen-bond donors (Lipinski definition) is 1. The Balaban J connectivity index is 2.17. The molecule has 0 aromatic carbocycles. The third-order valence-electron chi connectivity index (χ3n) is 2.10. The first-order valence-corrected chi connectivity index (χ1v) is 4.03. The Labute approximate surface area is 69.8 Å². The maximum Gasteiger partial charge on any atom is 0.432 e. The Morgan fingerprint density at radius 1 is 1.75 bits per heavy atom. The molecule has 1 aromatic rings. The molecule has 4 heteroatoms. The van der Waals surface area contributed by atoms with Crippen molar-refractivity contribution in [3.63, 3.8) is 0 Å². The van der Waals surface area contributed by atoms with Crippen LogP contribution < -0.4 is 0 Å². The molecule has 2 rings (SSSR count). The van der Waals surface area contributed by atoms with Gasteiger partial charge in [0.1, 0.15) is 0 Å². The van der Waals surface area contributed by atoms with Gasteiger partial charge in [-0.2, -0.15) is 9.78 Å². The maximum atomic E-state index is 10.6. The Morgan fingerprint density at radius 2 is 2.50 bits per heavy atom. The standard InChI is InChI=1S/C8H10N2O2/c11-8(12)10-7(3-4-9-10)5-6-1-2-6/h3-4,6H,1-2,5H2,(H,11,12). The summed E-state index contributed by atoms with van der Waals surface area (Å²) in [4.78, 5) is 10.6. The van der Waals surface area contributed by atoms with Gasteiger partial charge in [-0.3, -0.25) is 0 Å². The second kappa shape index (κ2) is 2.62. The Hall–Kier alpha value is -1.32. The highest BCUT2D eigenvalue weighted by Gasteiger charge is 2.24. The van der Waals surface area contributed by atoms with Gasteiger partial charge in [0.05, 0.1) is 5.69 Å². The molecule has 1 fully saturated rings. The van der Waals surface area contributed by atoms with Crippen molar-refractivity contribution in [3.05, 3.63) is 18.0 Å². The molecular formula is C8H10N2O2. The zero-order valence-corrected chi connectivity index (χ0v) is 6.60. The van der Waals surface area contributed by atoms with Crippen LogP contribution >= 0.6 is 0 Å². The number of carboxylic acid groups (broad SMARTS) is 1. The molecule has 0 spiro atoms. The fraction of sp³-hybridized carbons (Fsp3) is 0.500. The lowest BCUT2D eigenvalue weighted by atomic mass is 10.2. The third-order valence-corrected chi connectivity index (χ3v) is 2.10. The minimum Gasteiger partial charge on any atom is -0.463 e. The smallest absolute Gasteiger partial charge is 0.432 e. The van der Waals surface area contributed by atoms with E-state index in [-0.39, 0.29) is 0 Å². The van der Waals surface area contributed by atoms with Crippen molar-refractivity contribution in [3.8, 4) is 0 Å². The first kappa shape index (κ1) is 7.34. The van der Waals surface area contributed by atoms with Crippen LogP contribution in [0.1, 0.15) is 18.5 Å². The summed E-state index contributed by atoms with van der Waals surface area (Å²) < 4.78 is 1.05. The van der Waals surface area contributed by atoms with E-state index in [1.807, 2.05) is 0 Å². The molecule has 0 saturated heterocycles. The lowest BCUT2D eigenvalue weighted by Crippen LogP contribution is -2.13. The first-order chi connectivity index (χ1) is 5.77. The monoisotopic (exact) mass is 166 g/mol. The van der Waals surface area contributed by atoms with Crippen LogP contribution in [0.3, 0.4) is 0 Å². The van der Waals surface area contributed by atoms with Crippen molar-refractivity contribution >= 4 is 6.09 Å². The molecule has 0 aliphatic heterocycles. The molecule has 1 heterocycles. The number of rotatable bonds is 2. The molecule has 0 unspecified atom stereocenters. The van der Waals surface area contributed by atoms with E-state index in [9.17, 15) is 4.79 Å². The molecule has 1 saturated carbocycles. The zero-order chi connectivity index (χ0) is 8.55. The zero-order valence-electron chi connectivity index (χ0n) is 6.60. The number of nitrogens with zero attached hydrogens (tertiary/aromatic N) is 2. The molecule has 0 atom stereocenters. The average Bonchev–Trinajstić information content (AvgIpc) is 2.66. The fourth-order valence-electron chi connectivity index (χ4n) is 1.28. The second-order valence-corrected chi connectivity index (χ2v) is 3.16. The summed E-state index contributed by atoms with van der Waals surface area (Å²) in [6.07, 6.45) is 3.85. The van der Waals surface area contributed by atoms with Crippen LogP contribution in [0, 0.1) is 5.92 Å². The molecule has 1 aliphatic carbocycles. The highest BCUT2D eigenvalue weighted by molar-refractivity contribution is 5.67. The van der Waals surface area contributed by atoms with E-state index in [0.717, 1.165) is 16.8 Å². The van der Waals surface area contributed by atoms with E-state index in [2.05, 4.69) is 5.10 Å². The summed E-state index contributed by atoms with van der Waals surface area (Å²) in [7, 11) is 0. The number of aromatic nitrogens is 2. The van der Waals surface area contributed by atoms with Crippen LogP contribution in [0.15, 0.2) is 12.3 Å². The summed E-state index contributed by atoms with van der Waals surface area (Å²) in [5.41, 5.74) is 0.810. The van der Waals surface area contributed by atoms with Gasteiger partial charge in [-0.05, 0) is 31.2 Å². The van der Waals surface area contributed by atoms with E-state index in [4.69, 9.17) is 5.11 Å². The molecule has 12 heavy (non-hydrogen) atoms. The van der Waals surface area contributed by atoms with Crippen LogP contribution in [0.2, 0.25) is 0 Å². The van der Waals surface area contributed by atoms with Gasteiger partial charge >= 0.3 is 6.09 Å². The van der Waals surface area contributed by atoms with Crippen molar-refractivity contribution in [2.24, 2.45) is 5.92 Å². The topological polar surface area (TPSA) is 55.1 Å². The van der Waals surface area contributed by atoms with Crippen molar-refractivity contribution in [1.29, 1.82) is 0 Å². The summed E-state index contributed by atoms with van der Waals surface area (Å²) in [6, 6.07) is 1.77. The predicted octanol–water partition coefficient (Wildman–Crippen LogP) is 1.36. The third kappa shape index (κ3) is 1.32. The summed E-state index contributed by atoms with van der Waals surface area (Å²) in [6.45, 7) is 0. The quantitative estimate of drug-likeness (QED) is 0.721. The van der Waals surface area contributed by atoms with Crippen LogP contribution in [-0.4, -0.2) is 21.0 Å². The second-order valence-electron chi connectivity index (χ2n) is 3.16. The predicted molar refractivity (Wildman–Crippen MR) is 42.1 cm³/mol. The molecule has 4 nitrogen and oxygen atoms in total. The van der Waals surface area contributed by atoms with Crippen molar-refractivity contribution in [2.75, 3.05) is 0 Å². The van der Waals surface area contributed by atoms with Crippen molar-refractivity contribution < 1.29 is 9.90 Å². The average molecular weight is 166 g/mol. The van der Waals surface area contributed by atoms with E-state index in [1.165, 1.54) is 19.0 Å². The SMILES string of the molecule is O=C(O)n1nccc1CC1CC1. The minimum absolute atomic E-state index is 0.694. The van der Waals surface area contributed by atoms with E-state index >= 15 is 0 Å². The Bertz CT molecular complexity index is 302. The molecule has 64 valence electrons. The largest absolute Gasteiger partial charge is 0.463 e. The van der Waals surface area contributed by atoms with Gasteiger partial charge in [-0.15, -0.1) is 0 Å². The molecule has 1 aromatic heterocycles. The Morgan fingerprint density at radius 3 is 3.08 bits per heavy atom. The number of hydrogen-bond acceptors (Lipinski definition) is 2. The van der Waals surface area contributed by atoms with Gasteiger partial charge in [-0.25, -0.2) is 4.79 Å². The van der Waals surface area contributed by atoms with Crippen LogP contribution in [0.4, 0.5) is 4.79 Å². The lowest BCUT2D eigenvalue weighted by molar-refractivity contribution is 0.191. The molecule has 0 radical (unpaired) electrons. The minimum atomic E-state index is -0.990. The van der Waals surface area contributed by atoms with E-state index in [1.54, 1.807) is 6.07 Å². The van der Waals surface area contributed by atoms with Crippen molar-refractivity contribution in [1.82, 2.24) is 9.78 Å². The van der Waals surface area contributed by atoms with Crippen LogP contribution in [0.5, 0.6) is 0 Å².